The van der Waals surface area contributed by atoms with Gasteiger partial charge in [-0.15, -0.1) is 0 Å². The van der Waals surface area contributed by atoms with E-state index in [4.69, 9.17) is 18.9 Å². The van der Waals surface area contributed by atoms with E-state index in [1.807, 2.05) is 25.1 Å². The van der Waals surface area contributed by atoms with Crippen LogP contribution in [0.4, 0.5) is 5.69 Å². The fourth-order valence-electron chi connectivity index (χ4n) is 2.03. The third-order valence-electron chi connectivity index (χ3n) is 3.31. The van der Waals surface area contributed by atoms with Crippen molar-refractivity contribution in [3.8, 4) is 5.75 Å². The van der Waals surface area contributed by atoms with Crippen LogP contribution in [0.5, 0.6) is 5.75 Å². The van der Waals surface area contributed by atoms with E-state index in [9.17, 15) is 0 Å². The normalized spacial score (nSPS) is 23.4. The zero-order chi connectivity index (χ0) is 13.8. The molecule has 1 aromatic carbocycles. The van der Waals surface area contributed by atoms with Gasteiger partial charge in [0.1, 0.15) is 25.2 Å². The Labute approximate surface area is 119 Å². The van der Waals surface area contributed by atoms with E-state index in [0.717, 1.165) is 31.2 Å². The summed E-state index contributed by atoms with van der Waals surface area (Å²) in [4.78, 5) is 2.17. The number of hydrogen-bond donors (Lipinski definition) is 0. The molecule has 2 aliphatic heterocycles. The summed E-state index contributed by atoms with van der Waals surface area (Å²) in [6.07, 6.45) is 0.574. The molecule has 0 saturated carbocycles. The van der Waals surface area contributed by atoms with Crippen molar-refractivity contribution in [2.24, 2.45) is 0 Å². The molecule has 0 bridgehead atoms. The summed E-state index contributed by atoms with van der Waals surface area (Å²) in [7, 11) is 0. The lowest BCUT2D eigenvalue weighted by Crippen LogP contribution is -2.30. The molecule has 2 aliphatic rings. The summed E-state index contributed by atoms with van der Waals surface area (Å²) in [6.45, 7) is 6.33. The molecule has 20 heavy (non-hydrogen) atoms. The maximum atomic E-state index is 5.86. The van der Waals surface area contributed by atoms with Crippen molar-refractivity contribution in [2.45, 2.75) is 19.1 Å². The molecule has 2 heterocycles. The molecule has 0 amide bonds. The van der Waals surface area contributed by atoms with Crippen molar-refractivity contribution < 1.29 is 18.9 Å². The maximum absolute atomic E-state index is 5.86. The lowest BCUT2D eigenvalue weighted by atomic mass is 10.2. The Hall–Kier alpha value is -1.30. The smallest absolute Gasteiger partial charge is 0.142 e. The van der Waals surface area contributed by atoms with Crippen molar-refractivity contribution in [2.75, 3.05) is 44.6 Å². The van der Waals surface area contributed by atoms with E-state index < -0.39 is 0 Å². The second-order valence-electron chi connectivity index (χ2n) is 5.03. The maximum Gasteiger partial charge on any atom is 0.142 e. The zero-order valence-electron chi connectivity index (χ0n) is 11.8. The van der Waals surface area contributed by atoms with Crippen molar-refractivity contribution in [3.05, 3.63) is 24.3 Å². The summed E-state index contributed by atoms with van der Waals surface area (Å²) >= 11 is 0. The van der Waals surface area contributed by atoms with Crippen LogP contribution in [0.3, 0.4) is 0 Å². The van der Waals surface area contributed by atoms with E-state index in [1.54, 1.807) is 0 Å². The summed E-state index contributed by atoms with van der Waals surface area (Å²) < 4.78 is 21.9. The summed E-state index contributed by atoms with van der Waals surface area (Å²) in [5.74, 6) is 0.878. The van der Waals surface area contributed by atoms with Gasteiger partial charge in [0, 0.05) is 13.2 Å². The quantitative estimate of drug-likeness (QED) is 0.508. The van der Waals surface area contributed by atoms with Gasteiger partial charge in [0.2, 0.25) is 0 Å². The highest BCUT2D eigenvalue weighted by molar-refractivity contribution is 5.58. The minimum Gasteiger partial charge on any atom is -0.489 e. The molecule has 0 N–H and O–H groups in total. The molecule has 5 nitrogen and oxygen atoms in total. The Bertz CT molecular complexity index is 432. The topological polar surface area (TPSA) is 46.8 Å². The Morgan fingerprint density at radius 3 is 2.65 bits per heavy atom. The predicted molar refractivity (Wildman–Crippen MR) is 75.3 cm³/mol. The van der Waals surface area contributed by atoms with Gasteiger partial charge in [0.05, 0.1) is 25.0 Å². The number of anilines is 1. The molecule has 110 valence electrons. The second kappa shape index (κ2) is 6.43. The van der Waals surface area contributed by atoms with E-state index in [2.05, 4.69) is 11.0 Å². The number of ether oxygens (including phenoxy) is 4. The third-order valence-corrected chi connectivity index (χ3v) is 3.31. The van der Waals surface area contributed by atoms with Crippen LogP contribution in [0.1, 0.15) is 6.92 Å². The number of rotatable bonds is 9. The highest BCUT2D eigenvalue weighted by Gasteiger charge is 2.28. The van der Waals surface area contributed by atoms with Crippen LogP contribution in [0.2, 0.25) is 0 Å². The SMILES string of the molecule is CCOCN(CC1CO1)c1ccccc1OCC1CO1. The number of benzene rings is 1. The first-order valence-corrected chi connectivity index (χ1v) is 7.14. The second-order valence-corrected chi connectivity index (χ2v) is 5.03. The molecule has 0 aromatic heterocycles. The molecule has 0 aliphatic carbocycles. The Morgan fingerprint density at radius 1 is 1.20 bits per heavy atom. The minimum absolute atomic E-state index is 0.259. The van der Waals surface area contributed by atoms with Crippen LogP contribution in [-0.4, -0.2) is 51.9 Å². The van der Waals surface area contributed by atoms with Crippen LogP contribution in [0.15, 0.2) is 24.3 Å². The van der Waals surface area contributed by atoms with Gasteiger partial charge in [-0.3, -0.25) is 0 Å². The molecule has 2 fully saturated rings. The average molecular weight is 279 g/mol. The third kappa shape index (κ3) is 3.85. The highest BCUT2D eigenvalue weighted by Crippen LogP contribution is 2.30. The molecule has 1 aromatic rings. The number of epoxide rings is 2. The Balaban J connectivity index is 1.69. The Morgan fingerprint density at radius 2 is 1.95 bits per heavy atom. The molecule has 0 spiro atoms. The molecule has 2 atom stereocenters. The van der Waals surface area contributed by atoms with E-state index in [-0.39, 0.29) is 6.10 Å². The first-order chi connectivity index (χ1) is 9.86. The molecule has 5 heteroatoms. The number of hydrogen-bond acceptors (Lipinski definition) is 5. The molecular weight excluding hydrogens is 258 g/mol. The van der Waals surface area contributed by atoms with E-state index >= 15 is 0 Å². The molecule has 2 saturated heterocycles. The van der Waals surface area contributed by atoms with Gasteiger partial charge in [-0.2, -0.15) is 0 Å². The number of nitrogens with zero attached hydrogens (tertiary/aromatic N) is 1. The number of para-hydroxylation sites is 2. The van der Waals surface area contributed by atoms with E-state index in [1.165, 1.54) is 0 Å². The zero-order valence-corrected chi connectivity index (χ0v) is 11.8. The molecular formula is C15H21NO4. The summed E-state index contributed by atoms with van der Waals surface area (Å²) in [6, 6.07) is 8.05. The van der Waals surface area contributed by atoms with Gasteiger partial charge >= 0.3 is 0 Å². The van der Waals surface area contributed by atoms with Crippen LogP contribution in [-0.2, 0) is 14.2 Å². The van der Waals surface area contributed by atoms with Gasteiger partial charge in [-0.1, -0.05) is 12.1 Å². The first-order valence-electron chi connectivity index (χ1n) is 7.14. The van der Waals surface area contributed by atoms with Gasteiger partial charge in [-0.05, 0) is 19.1 Å². The van der Waals surface area contributed by atoms with Gasteiger partial charge < -0.3 is 23.8 Å². The van der Waals surface area contributed by atoms with Gasteiger partial charge in [0.15, 0.2) is 0 Å². The van der Waals surface area contributed by atoms with Crippen LogP contribution < -0.4 is 9.64 Å². The van der Waals surface area contributed by atoms with Crippen LogP contribution >= 0.6 is 0 Å². The standard InChI is InChI=1S/C15H21NO4/c1-2-17-11-16(7-12-8-18-12)14-5-3-4-6-15(14)20-10-13-9-19-13/h3-6,12-13H,2,7-11H2,1H3. The van der Waals surface area contributed by atoms with Crippen molar-refractivity contribution >= 4 is 5.69 Å². The van der Waals surface area contributed by atoms with Gasteiger partial charge in [-0.25, -0.2) is 0 Å². The Kier molecular flexibility index (Phi) is 4.40. The van der Waals surface area contributed by atoms with E-state index in [0.29, 0.717) is 26.0 Å². The monoisotopic (exact) mass is 279 g/mol. The van der Waals surface area contributed by atoms with Crippen molar-refractivity contribution in [1.29, 1.82) is 0 Å². The average Bonchev–Trinajstić information content (AvgIpc) is 3.36. The predicted octanol–water partition coefficient (Wildman–Crippen LogP) is 1.66. The molecule has 2 unspecified atom stereocenters. The van der Waals surface area contributed by atoms with Crippen molar-refractivity contribution in [1.82, 2.24) is 0 Å². The fourth-order valence-corrected chi connectivity index (χ4v) is 2.03. The van der Waals surface area contributed by atoms with Crippen molar-refractivity contribution in [3.63, 3.8) is 0 Å². The lowest BCUT2D eigenvalue weighted by Gasteiger charge is -2.25. The summed E-state index contributed by atoms with van der Waals surface area (Å²) in [5.41, 5.74) is 1.05. The molecule has 0 radical (unpaired) electrons. The lowest BCUT2D eigenvalue weighted by molar-refractivity contribution is 0.145. The molecule has 3 rings (SSSR count). The first kappa shape index (κ1) is 13.7. The van der Waals surface area contributed by atoms with Crippen LogP contribution in [0, 0.1) is 0 Å². The largest absolute Gasteiger partial charge is 0.489 e. The minimum atomic E-state index is 0.259. The summed E-state index contributed by atoms with van der Waals surface area (Å²) in [5, 5.41) is 0. The van der Waals surface area contributed by atoms with Gasteiger partial charge in [0.25, 0.3) is 0 Å². The fraction of sp³-hybridized carbons (Fsp3) is 0.600. The van der Waals surface area contributed by atoms with Crippen LogP contribution in [0.25, 0.3) is 0 Å². The highest BCUT2D eigenvalue weighted by atomic mass is 16.6.